The maximum atomic E-state index is 12.6. The molecule has 1 aliphatic rings. The van der Waals surface area contributed by atoms with Crippen LogP contribution in [0.4, 0.5) is 0 Å². The molecule has 1 fully saturated rings. The molecule has 0 aromatic rings. The number of ketones is 1. The van der Waals surface area contributed by atoms with E-state index in [0.717, 1.165) is 32.1 Å². The Balaban J connectivity index is 2.62. The van der Waals surface area contributed by atoms with E-state index in [2.05, 4.69) is 19.2 Å². The first kappa shape index (κ1) is 16.6. The second-order valence-electron chi connectivity index (χ2n) is 7.57. The number of rotatable bonds is 5. The highest BCUT2D eigenvalue weighted by Crippen LogP contribution is 2.23. The highest BCUT2D eigenvalue weighted by atomic mass is 16.1. The van der Waals surface area contributed by atoms with E-state index in [4.69, 9.17) is 5.73 Å². The molecule has 112 valence electrons. The normalized spacial score (nSPS) is 26.5. The molecule has 1 saturated carbocycles. The molecule has 1 atom stereocenters. The average molecular weight is 268 g/mol. The van der Waals surface area contributed by atoms with E-state index in [9.17, 15) is 4.79 Å². The molecule has 3 nitrogen and oxygen atoms in total. The van der Waals surface area contributed by atoms with Gasteiger partial charge in [-0.1, -0.05) is 34.6 Å². The Bertz CT molecular complexity index is 286. The Morgan fingerprint density at radius 2 is 1.74 bits per heavy atom. The van der Waals surface area contributed by atoms with E-state index in [-0.39, 0.29) is 11.5 Å². The molecule has 1 unspecified atom stereocenters. The Hall–Kier alpha value is -0.410. The minimum absolute atomic E-state index is 0.000625. The van der Waals surface area contributed by atoms with Crippen LogP contribution in [0.25, 0.3) is 0 Å². The fourth-order valence-electron chi connectivity index (χ4n) is 2.82. The van der Waals surface area contributed by atoms with Crippen LogP contribution in [0.5, 0.6) is 0 Å². The number of hydrogen-bond donors (Lipinski definition) is 2. The molecule has 1 rings (SSSR count). The van der Waals surface area contributed by atoms with Crippen molar-refractivity contribution in [3.05, 3.63) is 0 Å². The maximum absolute atomic E-state index is 12.6. The van der Waals surface area contributed by atoms with Crippen molar-refractivity contribution in [3.63, 3.8) is 0 Å². The van der Waals surface area contributed by atoms with Crippen molar-refractivity contribution in [2.75, 3.05) is 0 Å². The molecule has 0 spiro atoms. The second-order valence-corrected chi connectivity index (χ2v) is 7.57. The van der Waals surface area contributed by atoms with Crippen molar-refractivity contribution in [1.29, 1.82) is 0 Å². The summed E-state index contributed by atoms with van der Waals surface area (Å²) in [5, 5.41) is 3.61. The number of nitrogens with one attached hydrogen (secondary N) is 1. The first-order valence-corrected chi connectivity index (χ1v) is 7.76. The fourth-order valence-corrected chi connectivity index (χ4v) is 2.82. The predicted molar refractivity (Wildman–Crippen MR) is 81.1 cm³/mol. The van der Waals surface area contributed by atoms with Crippen LogP contribution in [0.2, 0.25) is 0 Å². The number of carbonyl (C=O) groups is 1. The van der Waals surface area contributed by atoms with E-state index < -0.39 is 0 Å². The van der Waals surface area contributed by atoms with E-state index in [1.165, 1.54) is 0 Å². The molecule has 0 saturated heterocycles. The topological polar surface area (TPSA) is 55.1 Å². The number of nitrogens with two attached hydrogens (primary N) is 1. The van der Waals surface area contributed by atoms with Crippen molar-refractivity contribution in [2.45, 2.75) is 84.8 Å². The first-order valence-electron chi connectivity index (χ1n) is 7.76. The minimum Gasteiger partial charge on any atom is -0.328 e. The second kappa shape index (κ2) is 6.85. The highest BCUT2D eigenvalue weighted by molar-refractivity contribution is 5.88. The molecule has 0 aliphatic heterocycles. The van der Waals surface area contributed by atoms with E-state index in [1.807, 2.05) is 20.8 Å². The minimum atomic E-state index is -0.266. The molecule has 3 heteroatoms. The van der Waals surface area contributed by atoms with Gasteiger partial charge in [0, 0.05) is 17.5 Å². The molecular formula is C16H32N2O. The van der Waals surface area contributed by atoms with Gasteiger partial charge in [-0.05, 0) is 38.0 Å². The van der Waals surface area contributed by atoms with Gasteiger partial charge in [-0.2, -0.15) is 0 Å². The molecule has 0 aromatic heterocycles. The highest BCUT2D eigenvalue weighted by Gasteiger charge is 2.32. The lowest BCUT2D eigenvalue weighted by Crippen LogP contribution is -2.49. The summed E-state index contributed by atoms with van der Waals surface area (Å²) in [7, 11) is 0. The van der Waals surface area contributed by atoms with E-state index >= 15 is 0 Å². The summed E-state index contributed by atoms with van der Waals surface area (Å²) in [6.07, 6.45) is 5.30. The number of Topliss-reactive ketones (excluding diaryl/α,β-unsaturated/α-hetero) is 1. The van der Waals surface area contributed by atoms with Gasteiger partial charge in [0.05, 0.1) is 6.04 Å². The zero-order valence-electron chi connectivity index (χ0n) is 13.3. The standard InChI is InChI=1S/C16H32N2O/c1-11(2)10-14(15(19)16(3,4)5)18-13-8-6-12(17)7-9-13/h11-14,18H,6-10,17H2,1-5H3. The van der Waals surface area contributed by atoms with Crippen molar-refractivity contribution < 1.29 is 4.79 Å². The molecule has 0 aromatic carbocycles. The molecule has 3 N–H and O–H groups in total. The van der Waals surface area contributed by atoms with Gasteiger partial charge in [0.1, 0.15) is 0 Å². The Morgan fingerprint density at radius 3 is 2.16 bits per heavy atom. The number of hydrogen-bond acceptors (Lipinski definition) is 3. The summed E-state index contributed by atoms with van der Waals surface area (Å²) in [6, 6.07) is 0.828. The monoisotopic (exact) mass is 268 g/mol. The molecule has 0 bridgehead atoms. The molecule has 1 aliphatic carbocycles. The summed E-state index contributed by atoms with van der Waals surface area (Å²) >= 11 is 0. The third-order valence-electron chi connectivity index (χ3n) is 3.97. The third kappa shape index (κ3) is 5.62. The first-order chi connectivity index (χ1) is 8.70. The van der Waals surface area contributed by atoms with Gasteiger partial charge >= 0.3 is 0 Å². The van der Waals surface area contributed by atoms with Gasteiger partial charge in [0.15, 0.2) is 5.78 Å². The lowest BCUT2D eigenvalue weighted by atomic mass is 9.82. The zero-order valence-corrected chi connectivity index (χ0v) is 13.3. The Labute approximate surface area is 118 Å². The molecule has 19 heavy (non-hydrogen) atoms. The number of carbonyl (C=O) groups excluding carboxylic acids is 1. The van der Waals surface area contributed by atoms with Gasteiger partial charge in [0.25, 0.3) is 0 Å². The lowest BCUT2D eigenvalue weighted by Gasteiger charge is -2.33. The van der Waals surface area contributed by atoms with Crippen molar-refractivity contribution in [1.82, 2.24) is 5.32 Å². The van der Waals surface area contributed by atoms with Crippen molar-refractivity contribution >= 4 is 5.78 Å². The molecule has 0 radical (unpaired) electrons. The summed E-state index contributed by atoms with van der Waals surface area (Å²) in [5.41, 5.74) is 5.68. The fraction of sp³-hybridized carbons (Fsp3) is 0.938. The molecule has 0 heterocycles. The predicted octanol–water partition coefficient (Wildman–Crippen LogP) is 2.88. The van der Waals surface area contributed by atoms with Crippen LogP contribution in [-0.2, 0) is 4.79 Å². The van der Waals surface area contributed by atoms with Crippen LogP contribution in [0.3, 0.4) is 0 Å². The quantitative estimate of drug-likeness (QED) is 0.806. The van der Waals surface area contributed by atoms with Crippen LogP contribution in [0, 0.1) is 11.3 Å². The Morgan fingerprint density at radius 1 is 1.21 bits per heavy atom. The smallest absolute Gasteiger partial charge is 0.155 e. The van der Waals surface area contributed by atoms with E-state index in [0.29, 0.717) is 23.8 Å². The van der Waals surface area contributed by atoms with Gasteiger partial charge in [0.2, 0.25) is 0 Å². The maximum Gasteiger partial charge on any atom is 0.155 e. The zero-order chi connectivity index (χ0) is 14.6. The van der Waals surface area contributed by atoms with Crippen LogP contribution in [0.1, 0.15) is 66.7 Å². The van der Waals surface area contributed by atoms with E-state index in [1.54, 1.807) is 0 Å². The van der Waals surface area contributed by atoms with Gasteiger partial charge in [-0.15, -0.1) is 0 Å². The van der Waals surface area contributed by atoms with Crippen LogP contribution >= 0.6 is 0 Å². The average Bonchev–Trinajstić information content (AvgIpc) is 2.28. The van der Waals surface area contributed by atoms with Crippen LogP contribution < -0.4 is 11.1 Å². The van der Waals surface area contributed by atoms with Crippen molar-refractivity contribution in [3.8, 4) is 0 Å². The SMILES string of the molecule is CC(C)CC(NC1CCC(N)CC1)C(=O)C(C)(C)C. The largest absolute Gasteiger partial charge is 0.328 e. The lowest BCUT2D eigenvalue weighted by molar-refractivity contribution is -0.129. The summed E-state index contributed by atoms with van der Waals surface area (Å²) in [4.78, 5) is 12.6. The van der Waals surface area contributed by atoms with Gasteiger partial charge in [-0.25, -0.2) is 0 Å². The van der Waals surface area contributed by atoms with Crippen LogP contribution in [0.15, 0.2) is 0 Å². The third-order valence-corrected chi connectivity index (χ3v) is 3.97. The molecule has 0 amide bonds. The Kier molecular flexibility index (Phi) is 6.00. The summed E-state index contributed by atoms with van der Waals surface area (Å²) < 4.78 is 0. The van der Waals surface area contributed by atoms with Crippen LogP contribution in [-0.4, -0.2) is 23.9 Å². The summed E-state index contributed by atoms with van der Waals surface area (Å²) in [6.45, 7) is 10.4. The van der Waals surface area contributed by atoms with Gasteiger partial charge < -0.3 is 11.1 Å². The summed E-state index contributed by atoms with van der Waals surface area (Å²) in [5.74, 6) is 0.880. The molecular weight excluding hydrogens is 236 g/mol. The van der Waals surface area contributed by atoms with Gasteiger partial charge in [-0.3, -0.25) is 4.79 Å². The van der Waals surface area contributed by atoms with Crippen molar-refractivity contribution in [2.24, 2.45) is 17.1 Å².